The number of hydrogen-bond donors (Lipinski definition) is 0. The molecule has 0 aromatic heterocycles. The van der Waals surface area contributed by atoms with Gasteiger partial charge >= 0.3 is 0 Å². The molecule has 0 aromatic carbocycles. The number of likely N-dealkylation sites (tertiary alicyclic amines) is 1. The van der Waals surface area contributed by atoms with Gasteiger partial charge < -0.3 is 0 Å². The second-order valence-corrected chi connectivity index (χ2v) is 5.24. The van der Waals surface area contributed by atoms with Crippen molar-refractivity contribution < 1.29 is 19.2 Å². The van der Waals surface area contributed by atoms with Gasteiger partial charge in [0, 0.05) is 18.9 Å². The first-order valence-corrected chi connectivity index (χ1v) is 5.87. The Kier molecular flexibility index (Phi) is 2.03. The molecule has 4 atom stereocenters. The van der Waals surface area contributed by atoms with E-state index in [9.17, 15) is 19.2 Å². The van der Waals surface area contributed by atoms with Crippen LogP contribution in [0.1, 0.15) is 19.3 Å². The van der Waals surface area contributed by atoms with Crippen LogP contribution in [0.3, 0.4) is 0 Å². The van der Waals surface area contributed by atoms with Crippen LogP contribution in [0.2, 0.25) is 0 Å². The molecule has 2 amide bonds. The smallest absolute Gasteiger partial charge is 0.232 e. The zero-order valence-electron chi connectivity index (χ0n) is 9.51. The van der Waals surface area contributed by atoms with Gasteiger partial charge in [-0.15, -0.1) is 0 Å². The first-order valence-electron chi connectivity index (χ1n) is 5.87. The van der Waals surface area contributed by atoms with Crippen molar-refractivity contribution in [2.75, 3.05) is 7.05 Å². The predicted molar refractivity (Wildman–Crippen MR) is 55.6 cm³/mol. The van der Waals surface area contributed by atoms with Gasteiger partial charge in [0.1, 0.15) is 11.6 Å². The minimum atomic E-state index is -0.372. The summed E-state index contributed by atoms with van der Waals surface area (Å²) >= 11 is 0. The van der Waals surface area contributed by atoms with E-state index in [0.29, 0.717) is 12.8 Å². The Morgan fingerprint density at radius 1 is 0.824 bits per heavy atom. The summed E-state index contributed by atoms with van der Waals surface area (Å²) in [7, 11) is 1.47. The monoisotopic (exact) mass is 235 g/mol. The summed E-state index contributed by atoms with van der Waals surface area (Å²) in [6.45, 7) is 0. The van der Waals surface area contributed by atoms with Gasteiger partial charge in [-0.05, 0) is 12.8 Å². The predicted octanol–water partition coefficient (Wildman–Crippen LogP) is -0.215. The van der Waals surface area contributed by atoms with Crippen LogP contribution in [0.25, 0.3) is 0 Å². The number of carbonyl (C=O) groups is 4. The average molecular weight is 235 g/mol. The van der Waals surface area contributed by atoms with Gasteiger partial charge in [-0.2, -0.15) is 0 Å². The van der Waals surface area contributed by atoms with Crippen molar-refractivity contribution in [1.29, 1.82) is 0 Å². The van der Waals surface area contributed by atoms with Crippen molar-refractivity contribution >= 4 is 23.4 Å². The molecule has 5 heteroatoms. The van der Waals surface area contributed by atoms with Crippen LogP contribution in [0, 0.1) is 23.7 Å². The molecule has 1 aliphatic heterocycles. The third kappa shape index (κ3) is 1.25. The SMILES string of the molecule is CN1C(=O)C2CC3C(=O)CC(=O)C3CC2C1=O. The summed E-state index contributed by atoms with van der Waals surface area (Å²) < 4.78 is 0. The van der Waals surface area contributed by atoms with E-state index < -0.39 is 0 Å². The summed E-state index contributed by atoms with van der Waals surface area (Å²) in [5, 5.41) is 0. The number of imide groups is 1. The quantitative estimate of drug-likeness (QED) is 0.430. The van der Waals surface area contributed by atoms with Crippen LogP contribution >= 0.6 is 0 Å². The number of amides is 2. The number of nitrogens with zero attached hydrogens (tertiary/aromatic N) is 1. The Balaban J connectivity index is 1.93. The van der Waals surface area contributed by atoms with E-state index in [1.807, 2.05) is 0 Å². The number of Topliss-reactive ketones (excluding diaryl/α,β-unsaturated/α-hetero) is 2. The highest BCUT2D eigenvalue weighted by molar-refractivity contribution is 6.11. The first-order chi connectivity index (χ1) is 8.00. The van der Waals surface area contributed by atoms with Gasteiger partial charge in [0.25, 0.3) is 0 Å². The van der Waals surface area contributed by atoms with Crippen molar-refractivity contribution in [3.05, 3.63) is 0 Å². The van der Waals surface area contributed by atoms with Gasteiger partial charge in [-0.1, -0.05) is 0 Å². The van der Waals surface area contributed by atoms with Gasteiger partial charge in [-0.25, -0.2) is 0 Å². The molecule has 4 unspecified atom stereocenters. The molecule has 3 fully saturated rings. The van der Waals surface area contributed by atoms with E-state index in [4.69, 9.17) is 0 Å². The standard InChI is InChI=1S/C12H13NO4/c1-13-11(16)7-2-5-6(3-8(7)12(13)17)10(15)4-9(5)14/h5-8H,2-4H2,1H3. The topological polar surface area (TPSA) is 71.5 Å². The molecule has 0 N–H and O–H groups in total. The minimum Gasteiger partial charge on any atom is -0.299 e. The number of ketones is 2. The van der Waals surface area contributed by atoms with Crippen LogP contribution < -0.4 is 0 Å². The normalized spacial score (nSPS) is 40.9. The third-order valence-electron chi connectivity index (χ3n) is 4.46. The Hall–Kier alpha value is -1.52. The van der Waals surface area contributed by atoms with E-state index in [1.165, 1.54) is 7.05 Å². The second-order valence-electron chi connectivity index (χ2n) is 5.24. The molecule has 3 rings (SSSR count). The summed E-state index contributed by atoms with van der Waals surface area (Å²) in [6.07, 6.45) is 0.761. The summed E-state index contributed by atoms with van der Waals surface area (Å²) in [4.78, 5) is 48.1. The van der Waals surface area contributed by atoms with E-state index in [2.05, 4.69) is 0 Å². The highest BCUT2D eigenvalue weighted by atomic mass is 16.2. The molecule has 17 heavy (non-hydrogen) atoms. The molecular weight excluding hydrogens is 222 g/mol. The molecule has 1 saturated heterocycles. The van der Waals surface area contributed by atoms with Crippen molar-refractivity contribution in [3.8, 4) is 0 Å². The average Bonchev–Trinajstić information content (AvgIpc) is 2.70. The molecule has 0 bridgehead atoms. The maximum Gasteiger partial charge on any atom is 0.232 e. The Bertz CT molecular complexity index is 415. The lowest BCUT2D eigenvalue weighted by molar-refractivity contribution is -0.138. The van der Waals surface area contributed by atoms with E-state index in [-0.39, 0.29) is 53.5 Å². The Morgan fingerprint density at radius 2 is 1.24 bits per heavy atom. The molecule has 5 nitrogen and oxygen atoms in total. The zero-order valence-corrected chi connectivity index (χ0v) is 9.51. The second kappa shape index (κ2) is 3.24. The molecule has 2 saturated carbocycles. The van der Waals surface area contributed by atoms with Crippen molar-refractivity contribution in [1.82, 2.24) is 4.90 Å². The number of carbonyl (C=O) groups excluding carboxylic acids is 4. The third-order valence-corrected chi connectivity index (χ3v) is 4.46. The molecule has 3 aliphatic rings. The van der Waals surface area contributed by atoms with E-state index >= 15 is 0 Å². The number of rotatable bonds is 0. The fourth-order valence-electron chi connectivity index (χ4n) is 3.50. The summed E-state index contributed by atoms with van der Waals surface area (Å²) in [5.41, 5.74) is 0. The summed E-state index contributed by atoms with van der Waals surface area (Å²) in [5.74, 6) is -1.84. The van der Waals surface area contributed by atoms with Crippen LogP contribution in [0.15, 0.2) is 0 Å². The molecule has 1 heterocycles. The number of fused-ring (bicyclic) bond motifs is 2. The summed E-state index contributed by atoms with van der Waals surface area (Å²) in [6, 6.07) is 0. The van der Waals surface area contributed by atoms with Crippen molar-refractivity contribution in [3.63, 3.8) is 0 Å². The van der Waals surface area contributed by atoms with Crippen LogP contribution in [-0.4, -0.2) is 35.3 Å². The van der Waals surface area contributed by atoms with E-state index in [0.717, 1.165) is 4.90 Å². The lowest BCUT2D eigenvalue weighted by atomic mass is 9.70. The lowest BCUT2D eigenvalue weighted by Gasteiger charge is -2.29. The molecular formula is C12H13NO4. The van der Waals surface area contributed by atoms with Crippen molar-refractivity contribution in [2.24, 2.45) is 23.7 Å². The molecule has 0 spiro atoms. The van der Waals surface area contributed by atoms with Crippen LogP contribution in [-0.2, 0) is 19.2 Å². The van der Waals surface area contributed by atoms with E-state index in [1.54, 1.807) is 0 Å². The number of hydrogen-bond acceptors (Lipinski definition) is 4. The van der Waals surface area contributed by atoms with Crippen molar-refractivity contribution in [2.45, 2.75) is 19.3 Å². The Labute approximate surface area is 98.1 Å². The largest absolute Gasteiger partial charge is 0.299 e. The maximum absolute atomic E-state index is 11.8. The minimum absolute atomic E-state index is 0.00695. The molecule has 2 aliphatic carbocycles. The fourth-order valence-corrected chi connectivity index (χ4v) is 3.50. The fraction of sp³-hybridized carbons (Fsp3) is 0.667. The van der Waals surface area contributed by atoms with Gasteiger partial charge in [0.15, 0.2) is 0 Å². The van der Waals surface area contributed by atoms with Crippen LogP contribution in [0.4, 0.5) is 0 Å². The highest BCUT2D eigenvalue weighted by Gasteiger charge is 2.56. The molecule has 90 valence electrons. The maximum atomic E-state index is 11.8. The Morgan fingerprint density at radius 3 is 1.65 bits per heavy atom. The first kappa shape index (κ1) is 10.6. The van der Waals surface area contributed by atoms with Gasteiger partial charge in [-0.3, -0.25) is 24.1 Å². The van der Waals surface area contributed by atoms with Gasteiger partial charge in [0.2, 0.25) is 11.8 Å². The lowest BCUT2D eigenvalue weighted by Crippen LogP contribution is -2.35. The molecule has 0 aromatic rings. The molecule has 0 radical (unpaired) electrons. The van der Waals surface area contributed by atoms with Gasteiger partial charge in [0.05, 0.1) is 18.3 Å². The van der Waals surface area contributed by atoms with Crippen LogP contribution in [0.5, 0.6) is 0 Å². The highest BCUT2D eigenvalue weighted by Crippen LogP contribution is 2.47. The zero-order chi connectivity index (χ0) is 12.3.